The van der Waals surface area contributed by atoms with Crippen molar-refractivity contribution in [1.29, 1.82) is 0 Å². The molecule has 4 heteroatoms. The van der Waals surface area contributed by atoms with Gasteiger partial charge in [-0.25, -0.2) is 0 Å². The summed E-state index contributed by atoms with van der Waals surface area (Å²) in [4.78, 5) is 12.0. The van der Waals surface area contributed by atoms with Crippen molar-refractivity contribution in [2.24, 2.45) is 5.92 Å². The average molecular weight is 179 g/mol. The lowest BCUT2D eigenvalue weighted by Gasteiger charge is -2.22. The molecule has 0 saturated carbocycles. The molecular weight excluding hydrogens is 164 g/mol. The fraction of sp³-hybridized carbons (Fsp3) is 0.875. The Morgan fingerprint density at radius 1 is 1.42 bits per heavy atom. The van der Waals surface area contributed by atoms with E-state index in [4.69, 9.17) is 0 Å². The second kappa shape index (κ2) is 5.06. The summed E-state index contributed by atoms with van der Waals surface area (Å²) >= 11 is 0. The summed E-state index contributed by atoms with van der Waals surface area (Å²) in [5.41, 5.74) is 0. The second-order valence-electron chi connectivity index (χ2n) is 3.07. The summed E-state index contributed by atoms with van der Waals surface area (Å²) in [6.07, 6.45) is -2.87. The third kappa shape index (κ3) is 3.64. The van der Waals surface area contributed by atoms with E-state index in [1.807, 2.05) is 13.8 Å². The maximum absolute atomic E-state index is 11.9. The largest absolute Gasteiger partial charge is 0.338 e. The van der Waals surface area contributed by atoms with Gasteiger partial charge in [0.15, 0.2) is 0 Å². The van der Waals surface area contributed by atoms with Crippen LogP contribution in [0, 0.1) is 5.92 Å². The maximum atomic E-state index is 11.9. The van der Waals surface area contributed by atoms with Crippen LogP contribution in [0.3, 0.4) is 0 Å². The predicted octanol–water partition coefficient (Wildman–Crippen LogP) is 1.76. The van der Waals surface area contributed by atoms with Crippen LogP contribution in [-0.2, 0) is 4.79 Å². The van der Waals surface area contributed by atoms with Crippen LogP contribution in [0.15, 0.2) is 0 Å². The SMILES string of the molecule is CCN(CC(C)C)C(=O)C(F)F. The molecule has 0 atom stereocenters. The van der Waals surface area contributed by atoms with Crippen molar-refractivity contribution < 1.29 is 13.6 Å². The molecule has 0 N–H and O–H groups in total. The lowest BCUT2D eigenvalue weighted by molar-refractivity contribution is -0.143. The molecule has 0 aliphatic rings. The Balaban J connectivity index is 4.06. The number of amides is 1. The minimum Gasteiger partial charge on any atom is -0.338 e. The molecule has 0 aliphatic carbocycles. The molecule has 0 rings (SSSR count). The zero-order valence-corrected chi connectivity index (χ0v) is 7.68. The highest BCUT2D eigenvalue weighted by atomic mass is 19.3. The zero-order valence-electron chi connectivity index (χ0n) is 7.68. The van der Waals surface area contributed by atoms with Gasteiger partial charge >= 0.3 is 6.43 Å². The fourth-order valence-electron chi connectivity index (χ4n) is 0.954. The molecule has 0 aliphatic heterocycles. The monoisotopic (exact) mass is 179 g/mol. The van der Waals surface area contributed by atoms with Crippen molar-refractivity contribution in [1.82, 2.24) is 4.90 Å². The number of carbonyl (C=O) groups excluding carboxylic acids is 1. The molecule has 0 spiro atoms. The summed E-state index contributed by atoms with van der Waals surface area (Å²) in [6, 6.07) is 0. The molecule has 0 bridgehead atoms. The minimum absolute atomic E-state index is 0.229. The van der Waals surface area contributed by atoms with E-state index in [9.17, 15) is 13.6 Å². The van der Waals surface area contributed by atoms with Crippen LogP contribution in [0.1, 0.15) is 20.8 Å². The van der Waals surface area contributed by atoms with Crippen LogP contribution in [0.4, 0.5) is 8.78 Å². The van der Waals surface area contributed by atoms with E-state index in [1.165, 1.54) is 4.90 Å². The molecule has 72 valence electrons. The Morgan fingerprint density at radius 3 is 2.17 bits per heavy atom. The normalized spacial score (nSPS) is 10.9. The van der Waals surface area contributed by atoms with Crippen LogP contribution in [0.2, 0.25) is 0 Å². The summed E-state index contributed by atoms with van der Waals surface area (Å²) in [6.45, 7) is 6.23. The number of halogens is 2. The molecule has 1 amide bonds. The molecular formula is C8H15F2NO. The van der Waals surface area contributed by atoms with Gasteiger partial charge in [-0.2, -0.15) is 8.78 Å². The van der Waals surface area contributed by atoms with Crippen LogP contribution in [0.25, 0.3) is 0 Å². The van der Waals surface area contributed by atoms with E-state index >= 15 is 0 Å². The molecule has 0 aromatic carbocycles. The van der Waals surface area contributed by atoms with Gasteiger partial charge in [-0.05, 0) is 12.8 Å². The van der Waals surface area contributed by atoms with Gasteiger partial charge in [0, 0.05) is 13.1 Å². The minimum atomic E-state index is -2.87. The van der Waals surface area contributed by atoms with Crippen molar-refractivity contribution in [2.45, 2.75) is 27.2 Å². The standard InChI is InChI=1S/C8H15F2NO/c1-4-11(5-6(2)3)8(12)7(9)10/h6-7H,4-5H2,1-3H3. The Morgan fingerprint density at radius 2 is 1.92 bits per heavy atom. The summed E-state index contributed by atoms with van der Waals surface area (Å²) in [5.74, 6) is -0.834. The number of carbonyl (C=O) groups is 1. The van der Waals surface area contributed by atoms with Gasteiger partial charge < -0.3 is 4.90 Å². The van der Waals surface area contributed by atoms with Gasteiger partial charge in [-0.15, -0.1) is 0 Å². The Bertz CT molecular complexity index is 148. The van der Waals surface area contributed by atoms with Gasteiger partial charge in [-0.3, -0.25) is 4.79 Å². The Hall–Kier alpha value is -0.670. The lowest BCUT2D eigenvalue weighted by Crippen LogP contribution is -2.37. The Labute approximate surface area is 71.5 Å². The number of hydrogen-bond acceptors (Lipinski definition) is 1. The molecule has 0 aromatic heterocycles. The Kier molecular flexibility index (Phi) is 4.78. The van der Waals surface area contributed by atoms with E-state index in [2.05, 4.69) is 0 Å². The van der Waals surface area contributed by atoms with E-state index in [-0.39, 0.29) is 5.92 Å². The zero-order chi connectivity index (χ0) is 9.72. The summed E-state index contributed by atoms with van der Waals surface area (Å²) in [7, 11) is 0. The van der Waals surface area contributed by atoms with Gasteiger partial charge in [0.2, 0.25) is 0 Å². The van der Waals surface area contributed by atoms with E-state index in [1.54, 1.807) is 6.92 Å². The highest BCUT2D eigenvalue weighted by molar-refractivity contribution is 5.79. The summed E-state index contributed by atoms with van der Waals surface area (Å²) in [5, 5.41) is 0. The topological polar surface area (TPSA) is 20.3 Å². The third-order valence-corrected chi connectivity index (χ3v) is 1.47. The van der Waals surface area contributed by atoms with Crippen molar-refractivity contribution in [2.75, 3.05) is 13.1 Å². The van der Waals surface area contributed by atoms with Crippen LogP contribution >= 0.6 is 0 Å². The maximum Gasteiger partial charge on any atom is 0.315 e. The van der Waals surface area contributed by atoms with Gasteiger partial charge in [0.1, 0.15) is 0 Å². The first-order valence-electron chi connectivity index (χ1n) is 4.06. The first kappa shape index (κ1) is 11.3. The summed E-state index contributed by atoms with van der Waals surface area (Å²) < 4.78 is 23.8. The highest BCUT2D eigenvalue weighted by Crippen LogP contribution is 2.04. The van der Waals surface area contributed by atoms with E-state index in [0.29, 0.717) is 13.1 Å². The quantitative estimate of drug-likeness (QED) is 0.644. The molecule has 12 heavy (non-hydrogen) atoms. The predicted molar refractivity (Wildman–Crippen MR) is 43.1 cm³/mol. The molecule has 0 unspecified atom stereocenters. The van der Waals surface area contributed by atoms with Crippen LogP contribution in [0.5, 0.6) is 0 Å². The smallest absolute Gasteiger partial charge is 0.315 e. The molecule has 0 heterocycles. The third-order valence-electron chi connectivity index (χ3n) is 1.47. The van der Waals surface area contributed by atoms with Gasteiger partial charge in [0.05, 0.1) is 0 Å². The first-order chi connectivity index (χ1) is 5.49. The molecule has 0 radical (unpaired) electrons. The van der Waals surface area contributed by atoms with Crippen molar-refractivity contribution in [3.8, 4) is 0 Å². The number of nitrogens with zero attached hydrogens (tertiary/aromatic N) is 1. The van der Waals surface area contributed by atoms with Crippen molar-refractivity contribution in [3.63, 3.8) is 0 Å². The lowest BCUT2D eigenvalue weighted by atomic mass is 10.2. The first-order valence-corrected chi connectivity index (χ1v) is 4.06. The van der Waals surface area contributed by atoms with Gasteiger partial charge in [0.25, 0.3) is 5.91 Å². The number of hydrogen-bond donors (Lipinski definition) is 0. The average Bonchev–Trinajstić information content (AvgIpc) is 1.98. The van der Waals surface area contributed by atoms with Crippen LogP contribution in [-0.4, -0.2) is 30.3 Å². The van der Waals surface area contributed by atoms with E-state index < -0.39 is 12.3 Å². The fourth-order valence-corrected chi connectivity index (χ4v) is 0.954. The van der Waals surface area contributed by atoms with Crippen LogP contribution < -0.4 is 0 Å². The highest BCUT2D eigenvalue weighted by Gasteiger charge is 2.22. The van der Waals surface area contributed by atoms with Gasteiger partial charge in [-0.1, -0.05) is 13.8 Å². The molecule has 0 fully saturated rings. The van der Waals surface area contributed by atoms with Crippen molar-refractivity contribution in [3.05, 3.63) is 0 Å². The van der Waals surface area contributed by atoms with E-state index in [0.717, 1.165) is 0 Å². The molecule has 2 nitrogen and oxygen atoms in total. The number of alkyl halides is 2. The number of rotatable bonds is 4. The molecule has 0 saturated heterocycles. The molecule has 0 aromatic rings. The second-order valence-corrected chi connectivity index (χ2v) is 3.07. The van der Waals surface area contributed by atoms with Crippen molar-refractivity contribution >= 4 is 5.91 Å².